The minimum atomic E-state index is 0.582. The highest BCUT2D eigenvalue weighted by molar-refractivity contribution is 7.98. The Bertz CT molecular complexity index is 432. The molecule has 76 valence electrons. The first-order valence-corrected chi connectivity index (χ1v) is 5.43. The maximum atomic E-state index is 5.73. The second-order valence-corrected chi connectivity index (χ2v) is 3.88. The van der Waals surface area contributed by atoms with E-state index in [4.69, 9.17) is 5.73 Å². The third-order valence-electron chi connectivity index (χ3n) is 1.86. The lowest BCUT2D eigenvalue weighted by Crippen LogP contribution is -1.95. The Balaban J connectivity index is 2.03. The van der Waals surface area contributed by atoms with Gasteiger partial charge in [-0.25, -0.2) is 15.0 Å². The number of nitrogen functional groups attached to an aromatic ring is 1. The number of nitrogens with zero attached hydrogens (tertiary/aromatic N) is 3. The van der Waals surface area contributed by atoms with Gasteiger partial charge >= 0.3 is 0 Å². The van der Waals surface area contributed by atoms with Gasteiger partial charge in [0.05, 0.1) is 5.03 Å². The Labute approximate surface area is 92.0 Å². The molecule has 0 unspecified atom stereocenters. The Morgan fingerprint density at radius 1 is 1.20 bits per heavy atom. The van der Waals surface area contributed by atoms with E-state index >= 15 is 0 Å². The maximum Gasteiger partial charge on any atom is 0.127 e. The molecule has 2 aromatic rings. The lowest BCUT2D eigenvalue weighted by atomic mass is 10.3. The van der Waals surface area contributed by atoms with Crippen LogP contribution in [-0.2, 0) is 5.75 Å². The molecule has 0 saturated heterocycles. The maximum absolute atomic E-state index is 5.73. The summed E-state index contributed by atoms with van der Waals surface area (Å²) in [7, 11) is 0. The average molecular weight is 218 g/mol. The standard InChI is InChI=1S/C10H10N4S/c11-10-8(2-1-4-13-10)6-15-9-3-5-12-7-14-9/h1-5,7H,6H2,(H2,11,13). The monoisotopic (exact) mass is 218 g/mol. The number of nitrogens with two attached hydrogens (primary N) is 1. The van der Waals surface area contributed by atoms with Crippen molar-refractivity contribution < 1.29 is 0 Å². The zero-order chi connectivity index (χ0) is 10.5. The molecule has 4 nitrogen and oxygen atoms in total. The van der Waals surface area contributed by atoms with Crippen LogP contribution in [0.2, 0.25) is 0 Å². The largest absolute Gasteiger partial charge is 0.383 e. The molecular weight excluding hydrogens is 208 g/mol. The van der Waals surface area contributed by atoms with E-state index in [1.54, 1.807) is 24.2 Å². The molecule has 15 heavy (non-hydrogen) atoms. The number of aromatic nitrogens is 3. The van der Waals surface area contributed by atoms with Gasteiger partial charge in [0, 0.05) is 23.7 Å². The number of pyridine rings is 1. The fraction of sp³-hybridized carbons (Fsp3) is 0.100. The van der Waals surface area contributed by atoms with Crippen LogP contribution in [0.4, 0.5) is 5.82 Å². The van der Waals surface area contributed by atoms with Gasteiger partial charge in [0.1, 0.15) is 12.1 Å². The summed E-state index contributed by atoms with van der Waals surface area (Å²) in [6.07, 6.45) is 4.95. The van der Waals surface area contributed by atoms with Gasteiger partial charge in [0.2, 0.25) is 0 Å². The molecule has 2 aromatic heterocycles. The molecule has 0 saturated carbocycles. The molecule has 2 N–H and O–H groups in total. The van der Waals surface area contributed by atoms with Crippen molar-refractivity contribution >= 4 is 17.6 Å². The predicted molar refractivity (Wildman–Crippen MR) is 60.2 cm³/mol. The van der Waals surface area contributed by atoms with E-state index in [1.165, 1.54) is 6.33 Å². The summed E-state index contributed by atoms with van der Waals surface area (Å²) >= 11 is 1.62. The Morgan fingerprint density at radius 2 is 2.13 bits per heavy atom. The molecule has 0 aliphatic heterocycles. The van der Waals surface area contributed by atoms with Crippen molar-refractivity contribution in [3.8, 4) is 0 Å². The zero-order valence-electron chi connectivity index (χ0n) is 8.00. The predicted octanol–water partition coefficient (Wildman–Crippen LogP) is 1.75. The van der Waals surface area contributed by atoms with Crippen molar-refractivity contribution in [1.82, 2.24) is 15.0 Å². The van der Waals surface area contributed by atoms with Gasteiger partial charge in [-0.15, -0.1) is 11.8 Å². The summed E-state index contributed by atoms with van der Waals surface area (Å²) in [6, 6.07) is 5.72. The van der Waals surface area contributed by atoms with Crippen LogP contribution in [0, 0.1) is 0 Å². The number of anilines is 1. The Hall–Kier alpha value is -1.62. The van der Waals surface area contributed by atoms with E-state index in [9.17, 15) is 0 Å². The van der Waals surface area contributed by atoms with Crippen molar-refractivity contribution in [2.75, 3.05) is 5.73 Å². The average Bonchev–Trinajstić information content (AvgIpc) is 2.29. The van der Waals surface area contributed by atoms with Crippen LogP contribution in [0.25, 0.3) is 0 Å². The van der Waals surface area contributed by atoms with E-state index < -0.39 is 0 Å². The summed E-state index contributed by atoms with van der Waals surface area (Å²) in [5.74, 6) is 1.36. The summed E-state index contributed by atoms with van der Waals surface area (Å²) in [5, 5.41) is 0.938. The highest BCUT2D eigenvalue weighted by Crippen LogP contribution is 2.21. The molecule has 0 amide bonds. The van der Waals surface area contributed by atoms with E-state index in [0.717, 1.165) is 16.3 Å². The molecule has 5 heteroatoms. The lowest BCUT2D eigenvalue weighted by molar-refractivity contribution is 1.05. The summed E-state index contributed by atoms with van der Waals surface area (Å²) in [5.41, 5.74) is 6.76. The van der Waals surface area contributed by atoms with Crippen LogP contribution in [0.1, 0.15) is 5.56 Å². The molecule has 0 atom stereocenters. The number of hydrogen-bond donors (Lipinski definition) is 1. The molecule has 2 heterocycles. The minimum absolute atomic E-state index is 0.582. The molecular formula is C10H10N4S. The fourth-order valence-electron chi connectivity index (χ4n) is 1.09. The van der Waals surface area contributed by atoms with Crippen molar-refractivity contribution in [1.29, 1.82) is 0 Å². The van der Waals surface area contributed by atoms with Crippen molar-refractivity contribution in [2.24, 2.45) is 0 Å². The van der Waals surface area contributed by atoms with Gasteiger partial charge < -0.3 is 5.73 Å². The molecule has 0 aliphatic rings. The SMILES string of the molecule is Nc1ncccc1CSc1ccncn1. The van der Waals surface area contributed by atoms with Gasteiger partial charge in [0.25, 0.3) is 0 Å². The molecule has 0 spiro atoms. The van der Waals surface area contributed by atoms with Crippen molar-refractivity contribution in [2.45, 2.75) is 10.8 Å². The third-order valence-corrected chi connectivity index (χ3v) is 2.85. The molecule has 0 radical (unpaired) electrons. The van der Waals surface area contributed by atoms with E-state index in [1.807, 2.05) is 18.2 Å². The van der Waals surface area contributed by atoms with E-state index in [2.05, 4.69) is 15.0 Å². The highest BCUT2D eigenvalue weighted by Gasteiger charge is 2.00. The van der Waals surface area contributed by atoms with Gasteiger partial charge in [-0.2, -0.15) is 0 Å². The molecule has 2 rings (SSSR count). The summed E-state index contributed by atoms with van der Waals surface area (Å²) in [6.45, 7) is 0. The van der Waals surface area contributed by atoms with E-state index in [-0.39, 0.29) is 0 Å². The summed E-state index contributed by atoms with van der Waals surface area (Å²) in [4.78, 5) is 12.0. The smallest absolute Gasteiger partial charge is 0.127 e. The van der Waals surface area contributed by atoms with Gasteiger partial charge in [-0.3, -0.25) is 0 Å². The molecule has 0 bridgehead atoms. The normalized spacial score (nSPS) is 10.1. The second-order valence-electron chi connectivity index (χ2n) is 2.88. The van der Waals surface area contributed by atoms with Crippen LogP contribution < -0.4 is 5.73 Å². The highest BCUT2D eigenvalue weighted by atomic mass is 32.2. The Morgan fingerprint density at radius 3 is 2.87 bits per heavy atom. The first-order valence-electron chi connectivity index (χ1n) is 4.44. The minimum Gasteiger partial charge on any atom is -0.383 e. The van der Waals surface area contributed by atoms with Crippen LogP contribution in [0.3, 0.4) is 0 Å². The first-order chi connectivity index (χ1) is 7.36. The lowest BCUT2D eigenvalue weighted by Gasteiger charge is -2.02. The summed E-state index contributed by atoms with van der Waals surface area (Å²) < 4.78 is 0. The number of rotatable bonds is 3. The quantitative estimate of drug-likeness (QED) is 0.628. The second kappa shape index (κ2) is 4.75. The Kier molecular flexibility index (Phi) is 3.14. The van der Waals surface area contributed by atoms with Crippen LogP contribution >= 0.6 is 11.8 Å². The van der Waals surface area contributed by atoms with Crippen molar-refractivity contribution in [3.63, 3.8) is 0 Å². The number of thioether (sulfide) groups is 1. The van der Waals surface area contributed by atoms with Gasteiger partial charge in [0.15, 0.2) is 0 Å². The van der Waals surface area contributed by atoms with Crippen molar-refractivity contribution in [3.05, 3.63) is 42.5 Å². The number of hydrogen-bond acceptors (Lipinski definition) is 5. The van der Waals surface area contributed by atoms with Gasteiger partial charge in [-0.1, -0.05) is 6.07 Å². The molecule has 0 aliphatic carbocycles. The first kappa shape index (κ1) is 9.92. The topological polar surface area (TPSA) is 64.7 Å². The molecule has 0 fully saturated rings. The third kappa shape index (κ3) is 2.66. The fourth-order valence-corrected chi connectivity index (χ4v) is 1.91. The zero-order valence-corrected chi connectivity index (χ0v) is 8.81. The van der Waals surface area contributed by atoms with E-state index in [0.29, 0.717) is 5.82 Å². The van der Waals surface area contributed by atoms with Gasteiger partial charge in [-0.05, 0) is 12.1 Å². The van der Waals surface area contributed by atoms with Crippen LogP contribution in [0.5, 0.6) is 0 Å². The molecule has 0 aromatic carbocycles. The van der Waals surface area contributed by atoms with Crippen LogP contribution in [0.15, 0.2) is 41.9 Å². The van der Waals surface area contributed by atoms with Crippen LogP contribution in [-0.4, -0.2) is 15.0 Å².